The monoisotopic (exact) mass is 291 g/mol. The molecule has 4 nitrogen and oxygen atoms in total. The van der Waals surface area contributed by atoms with Gasteiger partial charge in [0.05, 0.1) is 16.9 Å². The number of rotatable bonds is 3. The van der Waals surface area contributed by atoms with Crippen molar-refractivity contribution < 1.29 is 14.4 Å². The molecule has 106 valence electrons. The van der Waals surface area contributed by atoms with E-state index in [0.717, 1.165) is 22.9 Å². The van der Waals surface area contributed by atoms with E-state index >= 15 is 0 Å². The summed E-state index contributed by atoms with van der Waals surface area (Å²) in [6.45, 7) is 5.20. The summed E-state index contributed by atoms with van der Waals surface area (Å²) < 4.78 is 5.28. The second-order valence-corrected chi connectivity index (χ2v) is 5.88. The smallest absolute Gasteiger partial charge is 0.224 e. The van der Waals surface area contributed by atoms with Crippen LogP contribution >= 0.6 is 11.8 Å². The number of carbonyl (C=O) groups is 1. The van der Waals surface area contributed by atoms with Crippen LogP contribution in [0, 0.1) is 6.92 Å². The van der Waals surface area contributed by atoms with Crippen molar-refractivity contribution in [2.75, 3.05) is 6.26 Å². The normalized spacial score (nSPS) is 11.7. The molecule has 0 aliphatic heterocycles. The second-order valence-electron chi connectivity index (χ2n) is 5.10. The molecule has 0 bridgehead atoms. The minimum atomic E-state index is -0.895. The van der Waals surface area contributed by atoms with Crippen molar-refractivity contribution in [2.45, 2.75) is 26.4 Å². The fourth-order valence-electron chi connectivity index (χ4n) is 1.94. The molecular formula is C15H17NO3S. The van der Waals surface area contributed by atoms with E-state index in [9.17, 15) is 9.90 Å². The largest absolute Gasteiger partial charge is 0.386 e. The zero-order chi connectivity index (χ0) is 14.9. The van der Waals surface area contributed by atoms with Crippen LogP contribution < -0.4 is 0 Å². The minimum Gasteiger partial charge on any atom is -0.386 e. The van der Waals surface area contributed by atoms with Crippen LogP contribution in [0.25, 0.3) is 11.3 Å². The summed E-state index contributed by atoms with van der Waals surface area (Å²) >= 11 is 1.13. The van der Waals surface area contributed by atoms with Gasteiger partial charge in [0.1, 0.15) is 0 Å². The van der Waals surface area contributed by atoms with Gasteiger partial charge in [0.15, 0.2) is 5.76 Å². The van der Waals surface area contributed by atoms with E-state index < -0.39 is 5.60 Å². The number of carbonyl (C=O) groups excluding carboxylic acids is 1. The molecule has 2 rings (SSSR count). The van der Waals surface area contributed by atoms with E-state index in [1.807, 2.05) is 24.3 Å². The number of aromatic nitrogens is 1. The number of nitrogens with zero attached hydrogens (tertiary/aromatic N) is 1. The van der Waals surface area contributed by atoms with Gasteiger partial charge in [0, 0.05) is 5.56 Å². The number of thioether (sulfide) groups is 1. The Morgan fingerprint density at radius 1 is 1.30 bits per heavy atom. The molecule has 1 aromatic heterocycles. The van der Waals surface area contributed by atoms with Crippen molar-refractivity contribution in [2.24, 2.45) is 0 Å². The highest BCUT2D eigenvalue weighted by Gasteiger charge is 2.22. The standard InChI is InChI=1S/C15H17NO3S/c1-9-12(14(17)20-4)13(19-16-9)10-5-7-11(8-6-10)15(2,3)18/h5-8,18H,1-4H3. The zero-order valence-corrected chi connectivity index (χ0v) is 12.7. The molecule has 0 aliphatic carbocycles. The molecule has 0 unspecified atom stereocenters. The van der Waals surface area contributed by atoms with Gasteiger partial charge in [0.2, 0.25) is 5.12 Å². The summed E-state index contributed by atoms with van der Waals surface area (Å²) in [4.78, 5) is 11.9. The SMILES string of the molecule is CSC(=O)c1c(C)noc1-c1ccc(C(C)(C)O)cc1. The van der Waals surface area contributed by atoms with Crippen molar-refractivity contribution in [1.29, 1.82) is 0 Å². The first-order valence-electron chi connectivity index (χ1n) is 6.22. The average molecular weight is 291 g/mol. The molecule has 0 saturated carbocycles. The van der Waals surface area contributed by atoms with Gasteiger partial charge in [-0.25, -0.2) is 0 Å². The highest BCUT2D eigenvalue weighted by Crippen LogP contribution is 2.30. The predicted octanol–water partition coefficient (Wildman–Crippen LogP) is 3.38. The molecule has 0 atom stereocenters. The lowest BCUT2D eigenvalue weighted by Gasteiger charge is -2.17. The third-order valence-corrected chi connectivity index (χ3v) is 3.68. The Morgan fingerprint density at radius 3 is 2.40 bits per heavy atom. The number of hydrogen-bond donors (Lipinski definition) is 1. The van der Waals surface area contributed by atoms with E-state index in [2.05, 4.69) is 5.16 Å². The van der Waals surface area contributed by atoms with Gasteiger partial charge in [-0.05, 0) is 32.6 Å². The van der Waals surface area contributed by atoms with Gasteiger partial charge in [-0.3, -0.25) is 4.79 Å². The number of aryl methyl sites for hydroxylation is 1. The molecule has 0 fully saturated rings. The molecule has 0 amide bonds. The molecule has 1 heterocycles. The quantitative estimate of drug-likeness (QED) is 0.939. The highest BCUT2D eigenvalue weighted by molar-refractivity contribution is 8.13. The van der Waals surface area contributed by atoms with E-state index in [0.29, 0.717) is 17.0 Å². The van der Waals surface area contributed by atoms with Crippen LogP contribution in [-0.2, 0) is 5.60 Å². The minimum absolute atomic E-state index is 0.0645. The van der Waals surface area contributed by atoms with E-state index in [1.54, 1.807) is 27.0 Å². The number of hydrogen-bond acceptors (Lipinski definition) is 5. The lowest BCUT2D eigenvalue weighted by Crippen LogP contribution is -2.14. The Kier molecular flexibility index (Phi) is 4.01. The summed E-state index contributed by atoms with van der Waals surface area (Å²) in [6, 6.07) is 7.29. The molecule has 0 aliphatic rings. The van der Waals surface area contributed by atoms with Crippen LogP contribution in [-0.4, -0.2) is 21.6 Å². The molecule has 1 aromatic carbocycles. The van der Waals surface area contributed by atoms with Gasteiger partial charge in [-0.2, -0.15) is 0 Å². The molecule has 5 heteroatoms. The number of benzene rings is 1. The lowest BCUT2D eigenvalue weighted by molar-refractivity contribution is 0.0786. The van der Waals surface area contributed by atoms with Crippen LogP contribution in [0.4, 0.5) is 0 Å². The topological polar surface area (TPSA) is 63.3 Å². The van der Waals surface area contributed by atoms with Crippen LogP contribution in [0.15, 0.2) is 28.8 Å². The third kappa shape index (κ3) is 2.78. The first-order chi connectivity index (χ1) is 9.34. The fourth-order valence-corrected chi connectivity index (χ4v) is 2.38. The first kappa shape index (κ1) is 14.8. The van der Waals surface area contributed by atoms with Crippen molar-refractivity contribution >= 4 is 16.9 Å². The Balaban J connectivity index is 2.45. The molecule has 0 saturated heterocycles. The van der Waals surface area contributed by atoms with E-state index in [4.69, 9.17) is 4.52 Å². The fraction of sp³-hybridized carbons (Fsp3) is 0.333. The molecule has 0 spiro atoms. The average Bonchev–Trinajstić information content (AvgIpc) is 2.79. The van der Waals surface area contributed by atoms with Crippen molar-refractivity contribution in [3.05, 3.63) is 41.1 Å². The Labute approximate surface area is 122 Å². The van der Waals surface area contributed by atoms with Crippen LogP contribution in [0.1, 0.15) is 35.5 Å². The second kappa shape index (κ2) is 5.42. The molecule has 1 N–H and O–H groups in total. The van der Waals surface area contributed by atoms with Crippen LogP contribution in [0.5, 0.6) is 0 Å². The van der Waals surface area contributed by atoms with Gasteiger partial charge < -0.3 is 9.63 Å². The summed E-state index contributed by atoms with van der Waals surface area (Å²) in [5.41, 5.74) is 1.78. The van der Waals surface area contributed by atoms with Gasteiger partial charge in [-0.1, -0.05) is 41.2 Å². The summed E-state index contributed by atoms with van der Waals surface area (Å²) in [5.74, 6) is 0.476. The van der Waals surface area contributed by atoms with Crippen LogP contribution in [0.2, 0.25) is 0 Å². The van der Waals surface area contributed by atoms with Crippen molar-refractivity contribution in [1.82, 2.24) is 5.16 Å². The molecule has 20 heavy (non-hydrogen) atoms. The molecule has 0 radical (unpaired) electrons. The van der Waals surface area contributed by atoms with E-state index in [-0.39, 0.29) is 5.12 Å². The van der Waals surface area contributed by atoms with E-state index in [1.165, 1.54) is 0 Å². The number of aliphatic hydroxyl groups is 1. The molecular weight excluding hydrogens is 274 g/mol. The maximum Gasteiger partial charge on any atom is 0.224 e. The Morgan fingerprint density at radius 2 is 1.90 bits per heavy atom. The van der Waals surface area contributed by atoms with Crippen molar-refractivity contribution in [3.8, 4) is 11.3 Å². The maximum atomic E-state index is 11.9. The lowest BCUT2D eigenvalue weighted by atomic mass is 9.96. The Hall–Kier alpha value is -1.59. The summed E-state index contributed by atoms with van der Waals surface area (Å²) in [7, 11) is 0. The first-order valence-corrected chi connectivity index (χ1v) is 7.45. The zero-order valence-electron chi connectivity index (χ0n) is 11.9. The Bertz CT molecular complexity index is 624. The maximum absolute atomic E-state index is 11.9. The third-order valence-electron chi connectivity index (χ3n) is 3.11. The van der Waals surface area contributed by atoms with Crippen LogP contribution in [0.3, 0.4) is 0 Å². The van der Waals surface area contributed by atoms with Gasteiger partial charge >= 0.3 is 0 Å². The predicted molar refractivity (Wildman–Crippen MR) is 79.8 cm³/mol. The van der Waals surface area contributed by atoms with Gasteiger partial charge in [0.25, 0.3) is 0 Å². The van der Waals surface area contributed by atoms with Gasteiger partial charge in [-0.15, -0.1) is 0 Å². The van der Waals surface area contributed by atoms with Crippen molar-refractivity contribution in [3.63, 3.8) is 0 Å². The summed E-state index contributed by atoms with van der Waals surface area (Å²) in [6.07, 6.45) is 1.73. The molecule has 2 aromatic rings. The summed E-state index contributed by atoms with van der Waals surface area (Å²) in [5, 5.41) is 13.8. The highest BCUT2D eigenvalue weighted by atomic mass is 32.2.